The molecule has 2 aliphatic rings. The Labute approximate surface area is 142 Å². The summed E-state index contributed by atoms with van der Waals surface area (Å²) in [6.07, 6.45) is 11.0. The Morgan fingerprint density at radius 1 is 1.25 bits per heavy atom. The highest BCUT2D eigenvalue weighted by molar-refractivity contribution is 5.95. The number of hydrogen-bond acceptors (Lipinski definition) is 3. The zero-order chi connectivity index (χ0) is 17.2. The van der Waals surface area contributed by atoms with Gasteiger partial charge in [0.25, 0.3) is 5.91 Å². The second kappa shape index (κ2) is 6.95. The van der Waals surface area contributed by atoms with Gasteiger partial charge in [0.15, 0.2) is 0 Å². The molecular formula is C18H27N3O3. The van der Waals surface area contributed by atoms with Gasteiger partial charge in [0.05, 0.1) is 29.8 Å². The molecule has 1 amide bonds. The number of rotatable bonds is 5. The van der Waals surface area contributed by atoms with Crippen LogP contribution in [-0.2, 0) is 4.79 Å². The van der Waals surface area contributed by atoms with Gasteiger partial charge in [-0.2, -0.15) is 5.10 Å². The van der Waals surface area contributed by atoms with Gasteiger partial charge in [-0.25, -0.2) is 0 Å². The number of aliphatic carboxylic acids is 1. The van der Waals surface area contributed by atoms with E-state index in [4.69, 9.17) is 0 Å². The van der Waals surface area contributed by atoms with Crippen LogP contribution in [0, 0.1) is 6.92 Å². The van der Waals surface area contributed by atoms with E-state index in [0.29, 0.717) is 11.6 Å². The molecule has 1 aromatic rings. The Bertz CT molecular complexity index is 611. The summed E-state index contributed by atoms with van der Waals surface area (Å²) in [5, 5.41) is 16.7. The van der Waals surface area contributed by atoms with Gasteiger partial charge in [0.2, 0.25) is 0 Å². The Balaban J connectivity index is 1.75. The summed E-state index contributed by atoms with van der Waals surface area (Å²) in [5.41, 5.74) is 0.877. The fourth-order valence-electron chi connectivity index (χ4n) is 4.34. The molecule has 0 bridgehead atoms. The molecule has 6 nitrogen and oxygen atoms in total. The number of carboxylic acids is 1. The number of carboxylic acid groups (broad SMARTS) is 1. The Hall–Kier alpha value is -1.85. The Kier molecular flexibility index (Phi) is 4.92. The van der Waals surface area contributed by atoms with Crippen molar-refractivity contribution in [2.24, 2.45) is 0 Å². The summed E-state index contributed by atoms with van der Waals surface area (Å²) in [7, 11) is 0. The van der Waals surface area contributed by atoms with Crippen molar-refractivity contribution in [3.05, 3.63) is 17.5 Å². The highest BCUT2D eigenvalue weighted by Gasteiger charge is 2.38. The average Bonchev–Trinajstić information content (AvgIpc) is 3.14. The van der Waals surface area contributed by atoms with E-state index in [1.165, 1.54) is 19.3 Å². The fraction of sp³-hybridized carbons (Fsp3) is 0.722. The maximum atomic E-state index is 12.7. The maximum absolute atomic E-state index is 12.7. The summed E-state index contributed by atoms with van der Waals surface area (Å²) < 4.78 is 1.99. The van der Waals surface area contributed by atoms with E-state index in [1.807, 2.05) is 11.6 Å². The third kappa shape index (κ3) is 3.47. The number of amides is 1. The van der Waals surface area contributed by atoms with Crippen LogP contribution in [0.2, 0.25) is 0 Å². The van der Waals surface area contributed by atoms with E-state index in [1.54, 1.807) is 6.20 Å². The molecule has 1 aromatic heterocycles. The van der Waals surface area contributed by atoms with Gasteiger partial charge in [0, 0.05) is 5.69 Å². The molecule has 2 aliphatic carbocycles. The largest absolute Gasteiger partial charge is 0.481 e. The molecular weight excluding hydrogens is 306 g/mol. The van der Waals surface area contributed by atoms with Gasteiger partial charge in [0.1, 0.15) is 0 Å². The molecule has 2 fully saturated rings. The topological polar surface area (TPSA) is 84.2 Å². The standard InChI is InChI=1S/C18H27N3O3/c1-13-15(12-19-21(13)14-7-3-2-4-8-14)17(24)20-18(11-16(22)23)9-5-6-10-18/h12,14H,2-11H2,1H3,(H,20,24)(H,22,23). The second-order valence-electron chi connectivity index (χ2n) is 7.39. The SMILES string of the molecule is Cc1c(C(=O)NC2(CC(=O)O)CCCC2)cnn1C1CCCCC1. The minimum atomic E-state index is -0.855. The minimum absolute atomic E-state index is 0.00541. The van der Waals surface area contributed by atoms with Gasteiger partial charge >= 0.3 is 5.97 Å². The molecule has 2 saturated carbocycles. The number of nitrogens with zero attached hydrogens (tertiary/aromatic N) is 2. The molecule has 0 aliphatic heterocycles. The molecule has 3 rings (SSSR count). The molecule has 24 heavy (non-hydrogen) atoms. The van der Waals surface area contributed by atoms with E-state index in [-0.39, 0.29) is 12.3 Å². The summed E-state index contributed by atoms with van der Waals surface area (Å²) in [6, 6.07) is 0.389. The van der Waals surface area contributed by atoms with Crippen LogP contribution < -0.4 is 5.32 Å². The molecule has 132 valence electrons. The van der Waals surface area contributed by atoms with Crippen LogP contribution in [-0.4, -0.2) is 32.3 Å². The summed E-state index contributed by atoms with van der Waals surface area (Å²) in [6.45, 7) is 1.94. The number of carbonyl (C=O) groups excluding carboxylic acids is 1. The van der Waals surface area contributed by atoms with Crippen LogP contribution in [0.5, 0.6) is 0 Å². The van der Waals surface area contributed by atoms with Crippen molar-refractivity contribution in [3.8, 4) is 0 Å². The lowest BCUT2D eigenvalue weighted by Crippen LogP contribution is -2.47. The first-order valence-corrected chi connectivity index (χ1v) is 9.09. The first-order valence-electron chi connectivity index (χ1n) is 9.09. The quantitative estimate of drug-likeness (QED) is 0.866. The van der Waals surface area contributed by atoms with Crippen molar-refractivity contribution < 1.29 is 14.7 Å². The molecule has 0 aromatic carbocycles. The predicted octanol–water partition coefficient (Wildman–Crippen LogP) is 3.21. The predicted molar refractivity (Wildman–Crippen MR) is 90.0 cm³/mol. The molecule has 0 radical (unpaired) electrons. The molecule has 6 heteroatoms. The van der Waals surface area contributed by atoms with E-state index in [0.717, 1.165) is 44.2 Å². The minimum Gasteiger partial charge on any atom is -0.481 e. The summed E-state index contributed by atoms with van der Waals surface area (Å²) in [5.74, 6) is -1.04. The number of carbonyl (C=O) groups is 2. The maximum Gasteiger partial charge on any atom is 0.305 e. The first kappa shape index (κ1) is 17.0. The third-order valence-electron chi connectivity index (χ3n) is 5.64. The van der Waals surface area contributed by atoms with Crippen LogP contribution >= 0.6 is 0 Å². The van der Waals surface area contributed by atoms with Crippen molar-refractivity contribution in [2.75, 3.05) is 0 Å². The lowest BCUT2D eigenvalue weighted by molar-refractivity contribution is -0.138. The third-order valence-corrected chi connectivity index (χ3v) is 5.64. The summed E-state index contributed by atoms with van der Waals surface area (Å²) in [4.78, 5) is 23.9. The van der Waals surface area contributed by atoms with Gasteiger partial charge in [-0.05, 0) is 32.6 Å². The molecule has 0 unspecified atom stereocenters. The fourth-order valence-corrected chi connectivity index (χ4v) is 4.34. The normalized spacial score (nSPS) is 20.9. The van der Waals surface area contributed by atoms with Crippen molar-refractivity contribution in [2.45, 2.75) is 82.7 Å². The van der Waals surface area contributed by atoms with E-state index >= 15 is 0 Å². The molecule has 2 N–H and O–H groups in total. The zero-order valence-electron chi connectivity index (χ0n) is 14.4. The lowest BCUT2D eigenvalue weighted by atomic mass is 9.92. The van der Waals surface area contributed by atoms with Gasteiger partial charge in [-0.3, -0.25) is 14.3 Å². The van der Waals surface area contributed by atoms with Crippen molar-refractivity contribution in [1.82, 2.24) is 15.1 Å². The van der Waals surface area contributed by atoms with Crippen LogP contribution in [0.25, 0.3) is 0 Å². The Morgan fingerprint density at radius 2 is 1.92 bits per heavy atom. The van der Waals surface area contributed by atoms with Gasteiger partial charge in [-0.1, -0.05) is 32.1 Å². The van der Waals surface area contributed by atoms with Crippen LogP contribution in [0.4, 0.5) is 0 Å². The average molecular weight is 333 g/mol. The monoisotopic (exact) mass is 333 g/mol. The van der Waals surface area contributed by atoms with Gasteiger partial charge in [-0.15, -0.1) is 0 Å². The molecule has 1 heterocycles. The Morgan fingerprint density at radius 3 is 2.54 bits per heavy atom. The number of hydrogen-bond donors (Lipinski definition) is 2. The van der Waals surface area contributed by atoms with Crippen LogP contribution in [0.15, 0.2) is 6.20 Å². The number of aromatic nitrogens is 2. The van der Waals surface area contributed by atoms with Gasteiger partial charge < -0.3 is 10.4 Å². The van der Waals surface area contributed by atoms with Crippen molar-refractivity contribution in [1.29, 1.82) is 0 Å². The molecule has 0 atom stereocenters. The zero-order valence-corrected chi connectivity index (χ0v) is 14.4. The molecule has 0 saturated heterocycles. The lowest BCUT2D eigenvalue weighted by Gasteiger charge is -2.28. The highest BCUT2D eigenvalue weighted by atomic mass is 16.4. The summed E-state index contributed by atoms with van der Waals surface area (Å²) >= 11 is 0. The number of nitrogens with one attached hydrogen (secondary N) is 1. The van der Waals surface area contributed by atoms with Crippen molar-refractivity contribution >= 4 is 11.9 Å². The van der Waals surface area contributed by atoms with E-state index < -0.39 is 11.5 Å². The smallest absolute Gasteiger partial charge is 0.305 e. The molecule has 0 spiro atoms. The van der Waals surface area contributed by atoms with E-state index in [9.17, 15) is 14.7 Å². The van der Waals surface area contributed by atoms with E-state index in [2.05, 4.69) is 10.4 Å². The first-order chi connectivity index (χ1) is 11.5. The van der Waals surface area contributed by atoms with Crippen LogP contribution in [0.3, 0.4) is 0 Å². The highest BCUT2D eigenvalue weighted by Crippen LogP contribution is 2.33. The van der Waals surface area contributed by atoms with Crippen molar-refractivity contribution in [3.63, 3.8) is 0 Å². The second-order valence-corrected chi connectivity index (χ2v) is 7.39. The van der Waals surface area contributed by atoms with Crippen LogP contribution in [0.1, 0.15) is 86.3 Å².